The van der Waals surface area contributed by atoms with Gasteiger partial charge in [0.15, 0.2) is 0 Å². The van der Waals surface area contributed by atoms with E-state index in [0.717, 1.165) is 25.7 Å². The molecule has 1 aromatic rings. The molecule has 0 bridgehead atoms. The average Bonchev–Trinajstić information content (AvgIpc) is 2.97. The third-order valence-corrected chi connectivity index (χ3v) is 3.35. The van der Waals surface area contributed by atoms with Crippen molar-refractivity contribution in [1.82, 2.24) is 10.3 Å². The number of hydrogen-bond acceptors (Lipinski definition) is 4. The van der Waals surface area contributed by atoms with E-state index in [4.69, 9.17) is 4.74 Å². The Morgan fingerprint density at radius 1 is 1.29 bits per heavy atom. The standard InChI is InChI=1S/C15H21N3O3/c19-14(21-12-6-1-2-7-12)9-5-11-17-15(20)18-13-8-3-4-10-16-13/h3-4,8,10,12H,1-2,5-7,9,11H2,(H2,16,17,18,20). The Morgan fingerprint density at radius 2 is 2.10 bits per heavy atom. The van der Waals surface area contributed by atoms with Crippen LogP contribution in [0.5, 0.6) is 0 Å². The molecule has 1 aliphatic carbocycles. The number of anilines is 1. The van der Waals surface area contributed by atoms with Gasteiger partial charge in [0.2, 0.25) is 0 Å². The maximum Gasteiger partial charge on any atom is 0.320 e. The number of amides is 2. The van der Waals surface area contributed by atoms with Crippen molar-refractivity contribution in [2.45, 2.75) is 44.6 Å². The maximum atomic E-state index is 11.6. The fourth-order valence-corrected chi connectivity index (χ4v) is 2.28. The Labute approximate surface area is 124 Å². The molecule has 21 heavy (non-hydrogen) atoms. The number of esters is 1. The third-order valence-electron chi connectivity index (χ3n) is 3.35. The molecular formula is C15H21N3O3. The monoisotopic (exact) mass is 291 g/mol. The van der Waals surface area contributed by atoms with Crippen LogP contribution in [0.15, 0.2) is 24.4 Å². The van der Waals surface area contributed by atoms with Crippen molar-refractivity contribution < 1.29 is 14.3 Å². The Bertz CT molecular complexity index is 458. The molecule has 114 valence electrons. The van der Waals surface area contributed by atoms with E-state index in [-0.39, 0.29) is 18.1 Å². The molecule has 6 heteroatoms. The van der Waals surface area contributed by atoms with Gasteiger partial charge in [0, 0.05) is 19.2 Å². The van der Waals surface area contributed by atoms with Gasteiger partial charge in [-0.1, -0.05) is 6.07 Å². The van der Waals surface area contributed by atoms with Gasteiger partial charge in [-0.2, -0.15) is 0 Å². The van der Waals surface area contributed by atoms with E-state index in [1.54, 1.807) is 24.4 Å². The van der Waals surface area contributed by atoms with Gasteiger partial charge in [-0.05, 0) is 44.2 Å². The highest BCUT2D eigenvalue weighted by Gasteiger charge is 2.18. The summed E-state index contributed by atoms with van der Waals surface area (Å²) in [4.78, 5) is 27.1. The fraction of sp³-hybridized carbons (Fsp3) is 0.533. The number of aromatic nitrogens is 1. The summed E-state index contributed by atoms with van der Waals surface area (Å²) >= 11 is 0. The zero-order valence-electron chi connectivity index (χ0n) is 12.0. The minimum absolute atomic E-state index is 0.109. The van der Waals surface area contributed by atoms with Crippen LogP contribution in [0, 0.1) is 0 Å². The van der Waals surface area contributed by atoms with E-state index in [2.05, 4.69) is 15.6 Å². The van der Waals surface area contributed by atoms with Gasteiger partial charge in [-0.15, -0.1) is 0 Å². The lowest BCUT2D eigenvalue weighted by atomic mass is 10.3. The molecule has 1 heterocycles. The van der Waals surface area contributed by atoms with Crippen molar-refractivity contribution >= 4 is 17.8 Å². The number of ether oxygens (including phenoxy) is 1. The number of nitrogens with one attached hydrogen (secondary N) is 2. The number of carbonyl (C=O) groups is 2. The Balaban J connectivity index is 1.54. The molecule has 2 N–H and O–H groups in total. The quantitative estimate of drug-likeness (QED) is 0.623. The summed E-state index contributed by atoms with van der Waals surface area (Å²) < 4.78 is 5.34. The summed E-state index contributed by atoms with van der Waals surface area (Å²) in [5.41, 5.74) is 0. The van der Waals surface area contributed by atoms with Crippen molar-refractivity contribution in [2.75, 3.05) is 11.9 Å². The summed E-state index contributed by atoms with van der Waals surface area (Å²) in [7, 11) is 0. The van der Waals surface area contributed by atoms with Crippen LogP contribution in [0.2, 0.25) is 0 Å². The minimum Gasteiger partial charge on any atom is -0.462 e. The fourth-order valence-electron chi connectivity index (χ4n) is 2.28. The lowest BCUT2D eigenvalue weighted by Gasteiger charge is -2.11. The lowest BCUT2D eigenvalue weighted by Crippen LogP contribution is -2.30. The first-order valence-corrected chi connectivity index (χ1v) is 7.39. The van der Waals surface area contributed by atoms with Crippen LogP contribution in [-0.2, 0) is 9.53 Å². The van der Waals surface area contributed by atoms with E-state index in [9.17, 15) is 9.59 Å². The highest BCUT2D eigenvalue weighted by Crippen LogP contribution is 2.21. The molecule has 1 saturated carbocycles. The van der Waals surface area contributed by atoms with Crippen LogP contribution in [0.1, 0.15) is 38.5 Å². The molecular weight excluding hydrogens is 270 g/mol. The second-order valence-electron chi connectivity index (χ2n) is 5.10. The summed E-state index contributed by atoms with van der Waals surface area (Å²) in [6.07, 6.45) is 6.88. The second kappa shape index (κ2) is 8.24. The zero-order chi connectivity index (χ0) is 14.9. The molecule has 0 spiro atoms. The summed E-state index contributed by atoms with van der Waals surface area (Å²) in [6, 6.07) is 4.96. The predicted octanol–water partition coefficient (Wildman–Crippen LogP) is 2.47. The van der Waals surface area contributed by atoms with Crippen LogP contribution in [-0.4, -0.2) is 29.6 Å². The molecule has 2 rings (SSSR count). The summed E-state index contributed by atoms with van der Waals surface area (Å²) in [5, 5.41) is 5.29. The van der Waals surface area contributed by atoms with Crippen molar-refractivity contribution in [2.24, 2.45) is 0 Å². The van der Waals surface area contributed by atoms with Crippen molar-refractivity contribution in [3.63, 3.8) is 0 Å². The molecule has 0 aliphatic heterocycles. The first-order valence-electron chi connectivity index (χ1n) is 7.39. The Morgan fingerprint density at radius 3 is 2.81 bits per heavy atom. The van der Waals surface area contributed by atoms with Crippen LogP contribution in [0.3, 0.4) is 0 Å². The maximum absolute atomic E-state index is 11.6. The number of hydrogen-bond donors (Lipinski definition) is 2. The van der Waals surface area contributed by atoms with Crippen molar-refractivity contribution in [3.05, 3.63) is 24.4 Å². The highest BCUT2D eigenvalue weighted by atomic mass is 16.5. The van der Waals surface area contributed by atoms with Gasteiger partial charge in [0.25, 0.3) is 0 Å². The molecule has 0 unspecified atom stereocenters. The second-order valence-corrected chi connectivity index (χ2v) is 5.10. The molecule has 1 aliphatic rings. The van der Waals surface area contributed by atoms with E-state index < -0.39 is 0 Å². The van der Waals surface area contributed by atoms with Gasteiger partial charge in [0.1, 0.15) is 11.9 Å². The molecule has 0 atom stereocenters. The van der Waals surface area contributed by atoms with Crippen LogP contribution < -0.4 is 10.6 Å². The molecule has 6 nitrogen and oxygen atoms in total. The molecule has 1 fully saturated rings. The zero-order valence-corrected chi connectivity index (χ0v) is 12.0. The molecule has 2 amide bonds. The number of carbonyl (C=O) groups excluding carboxylic acids is 2. The van der Waals surface area contributed by atoms with Crippen LogP contribution >= 0.6 is 0 Å². The number of nitrogens with zero attached hydrogens (tertiary/aromatic N) is 1. The van der Waals surface area contributed by atoms with E-state index in [1.807, 2.05) is 0 Å². The number of pyridine rings is 1. The molecule has 0 saturated heterocycles. The van der Waals surface area contributed by atoms with Crippen molar-refractivity contribution in [3.8, 4) is 0 Å². The van der Waals surface area contributed by atoms with Gasteiger partial charge in [-0.3, -0.25) is 10.1 Å². The van der Waals surface area contributed by atoms with Gasteiger partial charge < -0.3 is 10.1 Å². The Kier molecular flexibility index (Phi) is 5.99. The van der Waals surface area contributed by atoms with Crippen LogP contribution in [0.4, 0.5) is 10.6 Å². The van der Waals surface area contributed by atoms with Crippen LogP contribution in [0.25, 0.3) is 0 Å². The molecule has 0 aromatic carbocycles. The first-order chi connectivity index (χ1) is 10.2. The average molecular weight is 291 g/mol. The topological polar surface area (TPSA) is 80.3 Å². The van der Waals surface area contributed by atoms with Gasteiger partial charge >= 0.3 is 12.0 Å². The molecule has 1 aromatic heterocycles. The van der Waals surface area contributed by atoms with Gasteiger partial charge in [-0.25, -0.2) is 9.78 Å². The number of rotatable bonds is 6. The van der Waals surface area contributed by atoms with Gasteiger partial charge in [0.05, 0.1) is 0 Å². The van der Waals surface area contributed by atoms with E-state index >= 15 is 0 Å². The normalized spacial score (nSPS) is 14.7. The highest BCUT2D eigenvalue weighted by molar-refractivity contribution is 5.88. The summed E-state index contributed by atoms with van der Waals surface area (Å²) in [6.45, 7) is 0.429. The predicted molar refractivity (Wildman–Crippen MR) is 78.8 cm³/mol. The van der Waals surface area contributed by atoms with Crippen molar-refractivity contribution in [1.29, 1.82) is 0 Å². The minimum atomic E-state index is -0.321. The SMILES string of the molecule is O=C(NCCCC(=O)OC1CCCC1)Nc1ccccn1. The first kappa shape index (κ1) is 15.3. The van der Waals surface area contributed by atoms with E-state index in [1.165, 1.54) is 0 Å². The third kappa shape index (κ3) is 5.81. The smallest absolute Gasteiger partial charge is 0.320 e. The largest absolute Gasteiger partial charge is 0.462 e. The number of urea groups is 1. The van der Waals surface area contributed by atoms with E-state index in [0.29, 0.717) is 25.2 Å². The lowest BCUT2D eigenvalue weighted by molar-refractivity contribution is -0.148. The summed E-state index contributed by atoms with van der Waals surface area (Å²) in [5.74, 6) is 0.324. The Hall–Kier alpha value is -2.11. The molecule has 0 radical (unpaired) electrons.